The van der Waals surface area contributed by atoms with Crippen LogP contribution in [0.1, 0.15) is 43.3 Å². The predicted molar refractivity (Wildman–Crippen MR) is 115 cm³/mol. The van der Waals surface area contributed by atoms with Crippen molar-refractivity contribution in [3.05, 3.63) is 59.0 Å². The van der Waals surface area contributed by atoms with Crippen LogP contribution in [0.5, 0.6) is 0 Å². The molecule has 3 rings (SSSR count). The molecule has 0 aliphatic heterocycles. The molecule has 0 aliphatic rings. The first-order valence-electron chi connectivity index (χ1n) is 10.1. The monoisotopic (exact) mass is 378 g/mol. The second-order valence-electron chi connectivity index (χ2n) is 6.74. The van der Waals surface area contributed by atoms with Gasteiger partial charge in [-0.2, -0.15) is 5.10 Å². The lowest BCUT2D eigenvalue weighted by Gasteiger charge is -2.13. The van der Waals surface area contributed by atoms with Crippen molar-refractivity contribution in [2.45, 2.75) is 46.7 Å². The summed E-state index contributed by atoms with van der Waals surface area (Å²) in [5, 5.41) is 12.6. The molecule has 2 N–H and O–H groups in total. The van der Waals surface area contributed by atoms with Gasteiger partial charge in [-0.25, -0.2) is 4.99 Å². The van der Waals surface area contributed by atoms with Crippen LogP contribution in [0.3, 0.4) is 0 Å². The van der Waals surface area contributed by atoms with Gasteiger partial charge >= 0.3 is 0 Å². The Hall–Kier alpha value is -2.89. The molecule has 0 radical (unpaired) electrons. The van der Waals surface area contributed by atoms with E-state index in [9.17, 15) is 0 Å². The summed E-state index contributed by atoms with van der Waals surface area (Å²) in [5.74, 6) is 0.816. The van der Waals surface area contributed by atoms with Gasteiger partial charge in [-0.3, -0.25) is 9.67 Å². The zero-order valence-corrected chi connectivity index (χ0v) is 17.3. The standard InChI is InChI=1S/C22H30N6/c1-5-19-18(21(6-2)28(4)27-19)15-26-22(23-7-3)25-14-16-12-13-24-20-11-9-8-10-17(16)20/h8-13H,5-7,14-15H2,1-4H3,(H2,23,25,26). The van der Waals surface area contributed by atoms with Crippen molar-refractivity contribution in [3.63, 3.8) is 0 Å². The smallest absolute Gasteiger partial charge is 0.191 e. The lowest BCUT2D eigenvalue weighted by atomic mass is 10.1. The summed E-state index contributed by atoms with van der Waals surface area (Å²) in [5.41, 5.74) is 5.90. The Kier molecular flexibility index (Phi) is 6.63. The summed E-state index contributed by atoms with van der Waals surface area (Å²) in [7, 11) is 2.02. The third-order valence-corrected chi connectivity index (χ3v) is 4.95. The SMILES string of the molecule is CCNC(=NCc1ccnc2ccccc12)NCc1c(CC)nn(C)c1CC. The Labute approximate surface area is 167 Å². The lowest BCUT2D eigenvalue weighted by Crippen LogP contribution is -2.37. The molecule has 0 atom stereocenters. The maximum Gasteiger partial charge on any atom is 0.191 e. The average Bonchev–Trinajstić information content (AvgIpc) is 3.04. The molecule has 0 saturated heterocycles. The van der Waals surface area contributed by atoms with Crippen molar-refractivity contribution in [2.24, 2.45) is 12.0 Å². The fraction of sp³-hybridized carbons (Fsp3) is 0.409. The number of fused-ring (bicyclic) bond motifs is 1. The molecule has 1 aromatic carbocycles. The van der Waals surface area contributed by atoms with Gasteiger partial charge in [0.2, 0.25) is 0 Å². The topological polar surface area (TPSA) is 67.1 Å². The van der Waals surface area contributed by atoms with Crippen molar-refractivity contribution in [1.82, 2.24) is 25.4 Å². The molecular weight excluding hydrogens is 348 g/mol. The second kappa shape index (κ2) is 9.35. The molecule has 0 saturated carbocycles. The fourth-order valence-corrected chi connectivity index (χ4v) is 3.57. The highest BCUT2D eigenvalue weighted by atomic mass is 15.3. The summed E-state index contributed by atoms with van der Waals surface area (Å²) in [6.07, 6.45) is 3.75. The normalized spacial score (nSPS) is 11.8. The van der Waals surface area contributed by atoms with E-state index in [0.717, 1.165) is 48.5 Å². The van der Waals surface area contributed by atoms with Gasteiger partial charge in [0.05, 0.1) is 17.8 Å². The minimum Gasteiger partial charge on any atom is -0.357 e. The van der Waals surface area contributed by atoms with Crippen molar-refractivity contribution in [1.29, 1.82) is 0 Å². The van der Waals surface area contributed by atoms with Crippen LogP contribution in [0.4, 0.5) is 0 Å². The molecule has 28 heavy (non-hydrogen) atoms. The zero-order chi connectivity index (χ0) is 19.9. The Morgan fingerprint density at radius 2 is 1.89 bits per heavy atom. The first kappa shape index (κ1) is 19.9. The van der Waals surface area contributed by atoms with Crippen LogP contribution in [0.25, 0.3) is 10.9 Å². The van der Waals surface area contributed by atoms with E-state index in [-0.39, 0.29) is 0 Å². The number of nitrogens with one attached hydrogen (secondary N) is 2. The van der Waals surface area contributed by atoms with E-state index in [1.165, 1.54) is 16.8 Å². The van der Waals surface area contributed by atoms with E-state index < -0.39 is 0 Å². The molecular formula is C22H30N6. The molecule has 0 unspecified atom stereocenters. The molecule has 2 heterocycles. The maximum atomic E-state index is 4.81. The summed E-state index contributed by atoms with van der Waals surface area (Å²) >= 11 is 0. The Balaban J connectivity index is 1.78. The van der Waals surface area contributed by atoms with Gasteiger partial charge in [0.15, 0.2) is 5.96 Å². The summed E-state index contributed by atoms with van der Waals surface area (Å²) < 4.78 is 2.00. The second-order valence-corrected chi connectivity index (χ2v) is 6.74. The Morgan fingerprint density at radius 1 is 1.07 bits per heavy atom. The van der Waals surface area contributed by atoms with Crippen molar-refractivity contribution in [2.75, 3.05) is 6.54 Å². The largest absolute Gasteiger partial charge is 0.357 e. The number of rotatable bonds is 7. The Bertz CT molecular complexity index is 952. The summed E-state index contributed by atoms with van der Waals surface area (Å²) in [6, 6.07) is 10.2. The van der Waals surface area contributed by atoms with Crippen LogP contribution < -0.4 is 10.6 Å². The van der Waals surface area contributed by atoms with E-state index in [1.54, 1.807) is 0 Å². The molecule has 0 amide bonds. The predicted octanol–water partition coefficient (Wildman–Crippen LogP) is 3.35. The van der Waals surface area contributed by atoms with E-state index in [0.29, 0.717) is 6.54 Å². The van der Waals surface area contributed by atoms with E-state index >= 15 is 0 Å². The van der Waals surface area contributed by atoms with Gasteiger partial charge < -0.3 is 10.6 Å². The highest BCUT2D eigenvalue weighted by Gasteiger charge is 2.13. The minimum absolute atomic E-state index is 0.604. The van der Waals surface area contributed by atoms with Gasteiger partial charge in [0, 0.05) is 43.0 Å². The third kappa shape index (κ3) is 4.32. The number of hydrogen-bond acceptors (Lipinski definition) is 3. The van der Waals surface area contributed by atoms with Gasteiger partial charge in [0.25, 0.3) is 0 Å². The third-order valence-electron chi connectivity index (χ3n) is 4.95. The highest BCUT2D eigenvalue weighted by Crippen LogP contribution is 2.17. The number of aliphatic imine (C=N–C) groups is 1. The minimum atomic E-state index is 0.604. The first-order chi connectivity index (χ1) is 13.7. The molecule has 6 nitrogen and oxygen atoms in total. The number of pyridine rings is 1. The van der Waals surface area contributed by atoms with Crippen LogP contribution in [-0.4, -0.2) is 27.3 Å². The quantitative estimate of drug-likeness (QED) is 0.489. The van der Waals surface area contributed by atoms with E-state index in [2.05, 4.69) is 47.6 Å². The number of guanidine groups is 1. The number of hydrogen-bond donors (Lipinski definition) is 2. The molecule has 0 aliphatic carbocycles. The van der Waals surface area contributed by atoms with E-state index in [1.807, 2.05) is 42.2 Å². The van der Waals surface area contributed by atoms with Crippen molar-refractivity contribution in [3.8, 4) is 0 Å². The highest BCUT2D eigenvalue weighted by molar-refractivity contribution is 5.83. The fourth-order valence-electron chi connectivity index (χ4n) is 3.57. The van der Waals surface area contributed by atoms with Crippen LogP contribution in [0.2, 0.25) is 0 Å². The first-order valence-corrected chi connectivity index (χ1v) is 10.1. The molecule has 0 fully saturated rings. The molecule has 0 bridgehead atoms. The average molecular weight is 379 g/mol. The van der Waals surface area contributed by atoms with Crippen molar-refractivity contribution >= 4 is 16.9 Å². The van der Waals surface area contributed by atoms with Gasteiger partial charge in [-0.1, -0.05) is 32.0 Å². The van der Waals surface area contributed by atoms with Gasteiger partial charge in [-0.15, -0.1) is 0 Å². The number of benzene rings is 1. The van der Waals surface area contributed by atoms with E-state index in [4.69, 9.17) is 4.99 Å². The molecule has 148 valence electrons. The van der Waals surface area contributed by atoms with Crippen LogP contribution >= 0.6 is 0 Å². The summed E-state index contributed by atoms with van der Waals surface area (Å²) in [6.45, 7) is 8.55. The zero-order valence-electron chi connectivity index (χ0n) is 17.3. The molecule has 6 heteroatoms. The molecule has 0 spiro atoms. The summed E-state index contributed by atoms with van der Waals surface area (Å²) in [4.78, 5) is 9.24. The van der Waals surface area contributed by atoms with Crippen LogP contribution in [0.15, 0.2) is 41.5 Å². The number of nitrogens with zero attached hydrogens (tertiary/aromatic N) is 4. The van der Waals surface area contributed by atoms with Gasteiger partial charge in [0.1, 0.15) is 0 Å². The number of para-hydroxylation sites is 1. The maximum absolute atomic E-state index is 4.81. The van der Waals surface area contributed by atoms with Crippen LogP contribution in [0, 0.1) is 0 Å². The number of aromatic nitrogens is 3. The van der Waals surface area contributed by atoms with Gasteiger partial charge in [-0.05, 0) is 37.5 Å². The van der Waals surface area contributed by atoms with Crippen LogP contribution in [-0.2, 0) is 33.0 Å². The van der Waals surface area contributed by atoms with Crippen molar-refractivity contribution < 1.29 is 0 Å². The Morgan fingerprint density at radius 3 is 2.64 bits per heavy atom. The molecule has 3 aromatic rings. The molecule has 2 aromatic heterocycles. The number of aryl methyl sites for hydroxylation is 2. The lowest BCUT2D eigenvalue weighted by molar-refractivity contribution is 0.702.